The summed E-state index contributed by atoms with van der Waals surface area (Å²) in [4.78, 5) is 34.9. The van der Waals surface area contributed by atoms with Gasteiger partial charge in [0.15, 0.2) is 0 Å². The first-order valence-electron chi connectivity index (χ1n) is 7.20. The van der Waals surface area contributed by atoms with E-state index in [1.807, 2.05) is 13.8 Å². The third-order valence-electron chi connectivity index (χ3n) is 2.97. The van der Waals surface area contributed by atoms with Crippen LogP contribution in [0, 0.1) is 5.92 Å². The molecule has 0 aliphatic rings. The van der Waals surface area contributed by atoms with E-state index in [2.05, 4.69) is 10.6 Å². The molecule has 0 aliphatic heterocycles. The molecule has 1 rings (SSSR count). The van der Waals surface area contributed by atoms with E-state index in [1.54, 1.807) is 31.2 Å². The molecule has 0 radical (unpaired) electrons. The Morgan fingerprint density at radius 3 is 2.18 bits per heavy atom. The number of ether oxygens (including phenoxy) is 1. The number of amides is 2. The van der Waals surface area contributed by atoms with Gasteiger partial charge < -0.3 is 15.4 Å². The zero-order valence-electron chi connectivity index (χ0n) is 13.3. The number of rotatable bonds is 6. The third-order valence-corrected chi connectivity index (χ3v) is 2.97. The van der Waals surface area contributed by atoms with Crippen LogP contribution in [0.3, 0.4) is 0 Å². The first kappa shape index (κ1) is 17.7. The van der Waals surface area contributed by atoms with Gasteiger partial charge in [-0.25, -0.2) is 4.79 Å². The number of anilines is 1. The molecule has 0 spiro atoms. The fourth-order valence-corrected chi connectivity index (χ4v) is 1.88. The molecule has 0 fully saturated rings. The van der Waals surface area contributed by atoms with Crippen LogP contribution in [-0.4, -0.2) is 30.4 Å². The zero-order valence-corrected chi connectivity index (χ0v) is 13.3. The molecule has 0 heterocycles. The third kappa shape index (κ3) is 5.20. The Kier molecular flexibility index (Phi) is 6.56. The number of hydrogen-bond donors (Lipinski definition) is 2. The van der Waals surface area contributed by atoms with Crippen molar-refractivity contribution in [2.24, 2.45) is 5.92 Å². The lowest BCUT2D eigenvalue weighted by atomic mass is 10.0. The van der Waals surface area contributed by atoms with Gasteiger partial charge in [-0.05, 0) is 37.1 Å². The molecule has 0 aliphatic carbocycles. The van der Waals surface area contributed by atoms with Gasteiger partial charge in [0.2, 0.25) is 11.8 Å². The standard InChI is InChI=1S/C16H22N2O4/c1-5-22-16(21)12-6-8-13(9-7-12)18-15(20)14(10(2)3)17-11(4)19/h6-10,14H,5H2,1-4H3,(H,17,19)(H,18,20)/t14-/m0/s1. The van der Waals surface area contributed by atoms with Gasteiger partial charge in [-0.1, -0.05) is 13.8 Å². The first-order chi connectivity index (χ1) is 10.3. The largest absolute Gasteiger partial charge is 0.462 e. The number of esters is 1. The van der Waals surface area contributed by atoms with Crippen LogP contribution in [0.5, 0.6) is 0 Å². The Morgan fingerprint density at radius 2 is 1.73 bits per heavy atom. The van der Waals surface area contributed by atoms with Gasteiger partial charge in [-0.2, -0.15) is 0 Å². The van der Waals surface area contributed by atoms with Crippen LogP contribution in [0.4, 0.5) is 5.69 Å². The van der Waals surface area contributed by atoms with Crippen molar-refractivity contribution in [3.8, 4) is 0 Å². The molecule has 6 nitrogen and oxygen atoms in total. The second-order valence-corrected chi connectivity index (χ2v) is 5.21. The maximum Gasteiger partial charge on any atom is 0.338 e. The molecule has 2 amide bonds. The molecule has 0 saturated carbocycles. The Bertz CT molecular complexity index is 538. The summed E-state index contributed by atoms with van der Waals surface area (Å²) in [7, 11) is 0. The van der Waals surface area contributed by atoms with E-state index >= 15 is 0 Å². The van der Waals surface area contributed by atoms with Crippen molar-refractivity contribution in [1.29, 1.82) is 0 Å². The Morgan fingerprint density at radius 1 is 1.14 bits per heavy atom. The monoisotopic (exact) mass is 306 g/mol. The maximum absolute atomic E-state index is 12.2. The predicted octanol–water partition coefficient (Wildman–Crippen LogP) is 1.96. The fraction of sp³-hybridized carbons (Fsp3) is 0.438. The minimum Gasteiger partial charge on any atom is -0.462 e. The Hall–Kier alpha value is -2.37. The highest BCUT2D eigenvalue weighted by Crippen LogP contribution is 2.12. The van der Waals surface area contributed by atoms with Crippen molar-refractivity contribution in [1.82, 2.24) is 5.32 Å². The number of nitrogens with one attached hydrogen (secondary N) is 2. The SMILES string of the molecule is CCOC(=O)c1ccc(NC(=O)[C@@H](NC(C)=O)C(C)C)cc1. The molecule has 1 atom stereocenters. The molecule has 0 bridgehead atoms. The summed E-state index contributed by atoms with van der Waals surface area (Å²) in [5.74, 6) is -0.998. The fourth-order valence-electron chi connectivity index (χ4n) is 1.88. The lowest BCUT2D eigenvalue weighted by Crippen LogP contribution is -2.46. The molecule has 0 aromatic heterocycles. The molecule has 120 valence electrons. The van der Waals surface area contributed by atoms with Crippen molar-refractivity contribution in [2.75, 3.05) is 11.9 Å². The van der Waals surface area contributed by atoms with E-state index in [1.165, 1.54) is 6.92 Å². The van der Waals surface area contributed by atoms with Crippen molar-refractivity contribution < 1.29 is 19.1 Å². The minimum absolute atomic E-state index is 0.0392. The highest BCUT2D eigenvalue weighted by Gasteiger charge is 2.23. The molecule has 2 N–H and O–H groups in total. The van der Waals surface area contributed by atoms with Gasteiger partial charge >= 0.3 is 5.97 Å². The molecular weight excluding hydrogens is 284 g/mol. The summed E-state index contributed by atoms with van der Waals surface area (Å²) in [6.07, 6.45) is 0. The van der Waals surface area contributed by atoms with Crippen molar-refractivity contribution in [3.63, 3.8) is 0 Å². The lowest BCUT2D eigenvalue weighted by Gasteiger charge is -2.20. The molecule has 1 aromatic rings. The van der Waals surface area contributed by atoms with Crippen LogP contribution in [0.1, 0.15) is 38.1 Å². The van der Waals surface area contributed by atoms with E-state index in [9.17, 15) is 14.4 Å². The van der Waals surface area contributed by atoms with Gasteiger partial charge in [0.05, 0.1) is 12.2 Å². The highest BCUT2D eigenvalue weighted by molar-refractivity contribution is 5.97. The second-order valence-electron chi connectivity index (χ2n) is 5.21. The Balaban J connectivity index is 2.75. The summed E-state index contributed by atoms with van der Waals surface area (Å²) in [6.45, 7) is 7.12. The topological polar surface area (TPSA) is 84.5 Å². The summed E-state index contributed by atoms with van der Waals surface area (Å²) < 4.78 is 4.89. The summed E-state index contributed by atoms with van der Waals surface area (Å²) in [6, 6.07) is 5.79. The maximum atomic E-state index is 12.2. The number of carbonyl (C=O) groups is 3. The van der Waals surface area contributed by atoms with Gasteiger partial charge in [0, 0.05) is 12.6 Å². The summed E-state index contributed by atoms with van der Waals surface area (Å²) in [5, 5.41) is 5.34. The van der Waals surface area contributed by atoms with Crippen LogP contribution in [-0.2, 0) is 14.3 Å². The average molecular weight is 306 g/mol. The van der Waals surface area contributed by atoms with Crippen LogP contribution in [0.15, 0.2) is 24.3 Å². The van der Waals surface area contributed by atoms with Gasteiger partial charge in [-0.15, -0.1) is 0 Å². The first-order valence-corrected chi connectivity index (χ1v) is 7.20. The number of carbonyl (C=O) groups excluding carboxylic acids is 3. The molecule has 1 aromatic carbocycles. The summed E-state index contributed by atoms with van der Waals surface area (Å²) >= 11 is 0. The second kappa shape index (κ2) is 8.17. The molecule has 22 heavy (non-hydrogen) atoms. The predicted molar refractivity (Wildman–Crippen MR) is 83.5 cm³/mol. The van der Waals surface area contributed by atoms with E-state index in [4.69, 9.17) is 4.74 Å². The van der Waals surface area contributed by atoms with Crippen molar-refractivity contribution >= 4 is 23.5 Å². The number of benzene rings is 1. The minimum atomic E-state index is -0.609. The van der Waals surface area contributed by atoms with Gasteiger partial charge in [0.1, 0.15) is 6.04 Å². The van der Waals surface area contributed by atoms with Crippen molar-refractivity contribution in [3.05, 3.63) is 29.8 Å². The van der Waals surface area contributed by atoms with E-state index in [0.717, 1.165) is 0 Å². The van der Waals surface area contributed by atoms with Gasteiger partial charge in [-0.3, -0.25) is 9.59 Å². The van der Waals surface area contributed by atoms with Crippen LogP contribution >= 0.6 is 0 Å². The molecule has 0 saturated heterocycles. The molecule has 0 unspecified atom stereocenters. The van der Waals surface area contributed by atoms with Crippen molar-refractivity contribution in [2.45, 2.75) is 33.7 Å². The average Bonchev–Trinajstić information content (AvgIpc) is 2.45. The van der Waals surface area contributed by atoms with Gasteiger partial charge in [0.25, 0.3) is 0 Å². The number of hydrogen-bond acceptors (Lipinski definition) is 4. The quantitative estimate of drug-likeness (QED) is 0.787. The van der Waals surface area contributed by atoms with E-state index in [0.29, 0.717) is 17.9 Å². The van der Waals surface area contributed by atoms with E-state index in [-0.39, 0.29) is 17.7 Å². The van der Waals surface area contributed by atoms with E-state index < -0.39 is 12.0 Å². The smallest absolute Gasteiger partial charge is 0.338 e. The molecular formula is C16H22N2O4. The summed E-state index contributed by atoms with van der Waals surface area (Å²) in [5.41, 5.74) is 0.969. The van der Waals surface area contributed by atoms with Crippen LogP contribution < -0.4 is 10.6 Å². The van der Waals surface area contributed by atoms with Crippen LogP contribution in [0.2, 0.25) is 0 Å². The Labute approximate surface area is 130 Å². The van der Waals surface area contributed by atoms with Crippen LogP contribution in [0.25, 0.3) is 0 Å². The highest BCUT2D eigenvalue weighted by atomic mass is 16.5. The molecule has 6 heteroatoms. The zero-order chi connectivity index (χ0) is 16.7. The lowest BCUT2D eigenvalue weighted by molar-refractivity contribution is -0.126. The normalized spacial score (nSPS) is 11.7.